The van der Waals surface area contributed by atoms with E-state index in [1.165, 1.54) is 0 Å². The van der Waals surface area contributed by atoms with E-state index in [1.54, 1.807) is 0 Å². The summed E-state index contributed by atoms with van der Waals surface area (Å²) in [6.07, 6.45) is 0. The Labute approximate surface area is 70.1 Å². The fourth-order valence-corrected chi connectivity index (χ4v) is 0.984. The van der Waals surface area contributed by atoms with Crippen LogP contribution >= 0.6 is 0 Å². The van der Waals surface area contributed by atoms with Gasteiger partial charge in [0, 0.05) is 6.61 Å². The average molecular weight is 171 g/mol. The number of hydrogen-bond donors (Lipinski definition) is 2. The third-order valence-corrected chi connectivity index (χ3v) is 1.58. The molecule has 0 amide bonds. The van der Waals surface area contributed by atoms with E-state index in [0.717, 1.165) is 0 Å². The van der Waals surface area contributed by atoms with Gasteiger partial charge in [0.15, 0.2) is 5.82 Å². The lowest BCUT2D eigenvalue weighted by molar-refractivity contribution is -0.0205. The molecule has 0 unspecified atom stereocenters. The number of ether oxygens (including phenoxy) is 1. The fourth-order valence-electron chi connectivity index (χ4n) is 0.984. The fraction of sp³-hybridized carbons (Fsp3) is 0.714. The van der Waals surface area contributed by atoms with E-state index in [0.29, 0.717) is 12.4 Å². The van der Waals surface area contributed by atoms with Crippen molar-refractivity contribution < 1.29 is 4.74 Å². The third kappa shape index (κ3) is 1.73. The summed E-state index contributed by atoms with van der Waals surface area (Å²) in [6.45, 7) is 6.18. The zero-order valence-electron chi connectivity index (χ0n) is 7.47. The van der Waals surface area contributed by atoms with Gasteiger partial charge < -0.3 is 4.74 Å². The average Bonchev–Trinajstić information content (AvgIpc) is 2.36. The summed E-state index contributed by atoms with van der Waals surface area (Å²) in [5, 5.41) is 6.08. The Hall–Kier alpha value is -1.10. The van der Waals surface area contributed by atoms with Gasteiger partial charge in [0.05, 0.1) is 0 Å². The van der Waals surface area contributed by atoms with Crippen molar-refractivity contribution in [2.24, 2.45) is 0 Å². The smallest absolute Gasteiger partial charge is 0.340 e. The van der Waals surface area contributed by atoms with Gasteiger partial charge in [-0.1, -0.05) is 0 Å². The number of rotatable bonds is 3. The molecule has 0 atom stereocenters. The maximum atomic E-state index is 10.7. The number of hydrogen-bond acceptors (Lipinski definition) is 3. The first-order valence-electron chi connectivity index (χ1n) is 3.85. The summed E-state index contributed by atoms with van der Waals surface area (Å²) in [5.74, 6) is 0.523. The van der Waals surface area contributed by atoms with Crippen molar-refractivity contribution >= 4 is 0 Å². The minimum absolute atomic E-state index is 0.308. The highest BCUT2D eigenvalue weighted by molar-refractivity contribution is 4.94. The Balaban J connectivity index is 2.88. The van der Waals surface area contributed by atoms with Crippen LogP contribution in [0.15, 0.2) is 4.79 Å². The summed E-state index contributed by atoms with van der Waals surface area (Å²) >= 11 is 0. The summed E-state index contributed by atoms with van der Waals surface area (Å²) < 4.78 is 5.38. The van der Waals surface area contributed by atoms with E-state index >= 15 is 0 Å². The molecule has 5 nitrogen and oxygen atoms in total. The van der Waals surface area contributed by atoms with Crippen LogP contribution in [-0.4, -0.2) is 21.8 Å². The molecule has 68 valence electrons. The van der Waals surface area contributed by atoms with Gasteiger partial charge in [-0.2, -0.15) is 5.10 Å². The molecular formula is C7H13N3O2. The zero-order chi connectivity index (χ0) is 9.19. The molecule has 1 aromatic rings. The minimum Gasteiger partial charge on any atom is -0.368 e. The Kier molecular flexibility index (Phi) is 2.32. The molecule has 0 aliphatic rings. The SMILES string of the molecule is CCOC(C)(C)c1n[nH]c(=O)[nH]1. The number of nitrogens with one attached hydrogen (secondary N) is 2. The molecule has 0 saturated heterocycles. The summed E-state index contributed by atoms with van der Waals surface area (Å²) in [5.41, 5.74) is -0.841. The molecule has 0 radical (unpaired) electrons. The highest BCUT2D eigenvalue weighted by Gasteiger charge is 2.24. The molecule has 12 heavy (non-hydrogen) atoms. The Morgan fingerprint density at radius 1 is 1.58 bits per heavy atom. The molecule has 2 N–H and O–H groups in total. The molecule has 1 rings (SSSR count). The number of aromatic nitrogens is 3. The van der Waals surface area contributed by atoms with E-state index in [4.69, 9.17) is 4.74 Å². The van der Waals surface area contributed by atoms with E-state index < -0.39 is 5.60 Å². The molecule has 0 fully saturated rings. The second kappa shape index (κ2) is 3.10. The predicted molar refractivity (Wildman–Crippen MR) is 43.9 cm³/mol. The molecule has 1 heterocycles. The van der Waals surface area contributed by atoms with Crippen LogP contribution in [0.3, 0.4) is 0 Å². The third-order valence-electron chi connectivity index (χ3n) is 1.58. The van der Waals surface area contributed by atoms with E-state index in [-0.39, 0.29) is 5.69 Å². The minimum atomic E-state index is -0.534. The van der Waals surface area contributed by atoms with E-state index in [2.05, 4.69) is 15.2 Å². The van der Waals surface area contributed by atoms with Gasteiger partial charge in [0.2, 0.25) is 0 Å². The number of aromatic amines is 2. The largest absolute Gasteiger partial charge is 0.368 e. The van der Waals surface area contributed by atoms with Gasteiger partial charge >= 0.3 is 5.69 Å². The molecule has 5 heteroatoms. The summed E-state index contributed by atoms with van der Waals surface area (Å²) in [7, 11) is 0. The highest BCUT2D eigenvalue weighted by atomic mass is 16.5. The Morgan fingerprint density at radius 2 is 2.25 bits per heavy atom. The van der Waals surface area contributed by atoms with Crippen LogP contribution in [0.4, 0.5) is 0 Å². The Bertz CT molecular complexity index is 300. The van der Waals surface area contributed by atoms with Gasteiger partial charge in [-0.15, -0.1) is 0 Å². The van der Waals surface area contributed by atoms with Crippen molar-refractivity contribution in [2.75, 3.05) is 6.61 Å². The van der Waals surface area contributed by atoms with Crippen LogP contribution in [-0.2, 0) is 10.3 Å². The number of nitrogens with zero attached hydrogens (tertiary/aromatic N) is 1. The number of H-pyrrole nitrogens is 2. The Morgan fingerprint density at radius 3 is 2.67 bits per heavy atom. The van der Waals surface area contributed by atoms with Gasteiger partial charge in [0.25, 0.3) is 0 Å². The normalized spacial score (nSPS) is 11.9. The molecule has 0 aromatic carbocycles. The van der Waals surface area contributed by atoms with Crippen LogP contribution in [0.1, 0.15) is 26.6 Å². The maximum Gasteiger partial charge on any atom is 0.340 e. The molecule has 1 aromatic heterocycles. The standard InChI is InChI=1S/C7H13N3O2/c1-4-12-7(2,3)5-8-6(11)10-9-5/h4H2,1-3H3,(H2,8,9,10,11). The molecule has 0 saturated carbocycles. The topological polar surface area (TPSA) is 70.8 Å². The second-order valence-electron chi connectivity index (χ2n) is 2.97. The lowest BCUT2D eigenvalue weighted by atomic mass is 10.1. The first kappa shape index (κ1) is 8.99. The summed E-state index contributed by atoms with van der Waals surface area (Å²) in [4.78, 5) is 13.3. The monoisotopic (exact) mass is 171 g/mol. The van der Waals surface area contributed by atoms with Gasteiger partial charge in [-0.25, -0.2) is 9.89 Å². The van der Waals surface area contributed by atoms with Crippen LogP contribution in [0, 0.1) is 0 Å². The van der Waals surface area contributed by atoms with Crippen molar-refractivity contribution in [2.45, 2.75) is 26.4 Å². The van der Waals surface area contributed by atoms with Crippen molar-refractivity contribution in [3.05, 3.63) is 16.3 Å². The molecule has 0 aliphatic heterocycles. The van der Waals surface area contributed by atoms with Crippen LogP contribution in [0.2, 0.25) is 0 Å². The molecular weight excluding hydrogens is 158 g/mol. The van der Waals surface area contributed by atoms with Gasteiger partial charge in [-0.05, 0) is 20.8 Å². The van der Waals surface area contributed by atoms with Crippen molar-refractivity contribution in [1.29, 1.82) is 0 Å². The second-order valence-corrected chi connectivity index (χ2v) is 2.97. The predicted octanol–water partition coefficient (Wildman–Crippen LogP) is 0.370. The highest BCUT2D eigenvalue weighted by Crippen LogP contribution is 2.18. The van der Waals surface area contributed by atoms with Crippen LogP contribution < -0.4 is 5.69 Å². The van der Waals surface area contributed by atoms with Crippen molar-refractivity contribution in [1.82, 2.24) is 15.2 Å². The van der Waals surface area contributed by atoms with Crippen molar-refractivity contribution in [3.8, 4) is 0 Å². The van der Waals surface area contributed by atoms with Gasteiger partial charge in [0.1, 0.15) is 5.60 Å². The van der Waals surface area contributed by atoms with E-state index in [9.17, 15) is 4.79 Å². The first-order valence-corrected chi connectivity index (χ1v) is 3.85. The van der Waals surface area contributed by atoms with Gasteiger partial charge in [-0.3, -0.25) is 4.98 Å². The molecule has 0 bridgehead atoms. The lowest BCUT2D eigenvalue weighted by Crippen LogP contribution is -2.23. The quantitative estimate of drug-likeness (QED) is 0.690. The summed E-state index contributed by atoms with van der Waals surface area (Å²) in [6, 6.07) is 0. The van der Waals surface area contributed by atoms with Crippen molar-refractivity contribution in [3.63, 3.8) is 0 Å². The zero-order valence-corrected chi connectivity index (χ0v) is 7.47. The van der Waals surface area contributed by atoms with Crippen LogP contribution in [0.5, 0.6) is 0 Å². The van der Waals surface area contributed by atoms with E-state index in [1.807, 2.05) is 20.8 Å². The first-order chi connectivity index (χ1) is 5.56. The van der Waals surface area contributed by atoms with Crippen LogP contribution in [0.25, 0.3) is 0 Å². The molecule has 0 aliphatic carbocycles. The molecule has 0 spiro atoms. The lowest BCUT2D eigenvalue weighted by Gasteiger charge is -2.20. The maximum absolute atomic E-state index is 10.7.